The molecule has 4 heterocycles. The zero-order chi connectivity index (χ0) is 28.4. The molecule has 1 saturated heterocycles. The van der Waals surface area contributed by atoms with Crippen LogP contribution in [-0.4, -0.2) is 66.2 Å². The topological polar surface area (TPSA) is 152 Å². The maximum Gasteiger partial charge on any atom is 0.416 e. The standard InChI is InChI=1S/C26H21F3N8O3/c27-26(28,29)17-7-9-31-19(12-17)34-25(40)16-5-3-15(4-6-16)22-21-23(30)32-14-33-24(21)37(35-22)18-8-10-36(13-18)20(39)2-1-11-38/h3-7,9,12,14,18,38H,8,10-11,13H2,(H2,30,32,33)(H,31,34,40)/t18-/m1/s1. The molecule has 14 heteroatoms. The zero-order valence-electron chi connectivity index (χ0n) is 20.7. The van der Waals surface area contributed by atoms with Gasteiger partial charge < -0.3 is 21.1 Å². The summed E-state index contributed by atoms with van der Waals surface area (Å²) in [5, 5.41) is 16.5. The molecular formula is C26H21F3N8O3. The van der Waals surface area contributed by atoms with Crippen LogP contribution >= 0.6 is 0 Å². The molecule has 0 aliphatic carbocycles. The number of fused-ring (bicyclic) bond motifs is 1. The van der Waals surface area contributed by atoms with E-state index >= 15 is 0 Å². The second-order valence-corrected chi connectivity index (χ2v) is 8.86. The number of rotatable bonds is 4. The highest BCUT2D eigenvalue weighted by atomic mass is 19.4. The second-order valence-electron chi connectivity index (χ2n) is 8.86. The number of carbonyl (C=O) groups is 2. The van der Waals surface area contributed by atoms with Crippen molar-refractivity contribution in [2.75, 3.05) is 30.7 Å². The Labute approximate surface area is 224 Å². The number of nitrogen functional groups attached to an aromatic ring is 1. The van der Waals surface area contributed by atoms with Crippen molar-refractivity contribution in [1.82, 2.24) is 29.6 Å². The average molecular weight is 551 g/mol. The Balaban J connectivity index is 1.40. The number of halogens is 3. The summed E-state index contributed by atoms with van der Waals surface area (Å²) in [6.07, 6.45) is -1.69. The third kappa shape index (κ3) is 5.27. The van der Waals surface area contributed by atoms with Gasteiger partial charge in [-0.3, -0.25) is 9.59 Å². The molecule has 3 aromatic heterocycles. The lowest BCUT2D eigenvalue weighted by atomic mass is 10.1. The summed E-state index contributed by atoms with van der Waals surface area (Å²) in [6, 6.07) is 7.61. The van der Waals surface area contributed by atoms with Gasteiger partial charge in [-0.25, -0.2) is 19.6 Å². The van der Waals surface area contributed by atoms with Crippen LogP contribution in [0.1, 0.15) is 28.4 Å². The van der Waals surface area contributed by atoms with E-state index in [1.165, 1.54) is 18.5 Å². The first-order valence-electron chi connectivity index (χ1n) is 12.0. The molecule has 2 amide bonds. The molecule has 4 aromatic rings. The largest absolute Gasteiger partial charge is 0.416 e. The Morgan fingerprint density at radius 3 is 2.65 bits per heavy atom. The Bertz CT molecular complexity index is 1660. The van der Waals surface area contributed by atoms with E-state index in [1.54, 1.807) is 21.7 Å². The molecule has 1 atom stereocenters. The van der Waals surface area contributed by atoms with Gasteiger partial charge in [0.05, 0.1) is 17.0 Å². The van der Waals surface area contributed by atoms with Gasteiger partial charge in [0.25, 0.3) is 11.8 Å². The van der Waals surface area contributed by atoms with Crippen molar-refractivity contribution in [3.8, 4) is 23.1 Å². The molecule has 0 unspecified atom stereocenters. The number of likely N-dealkylation sites (tertiary alicyclic amines) is 1. The average Bonchev–Trinajstić information content (AvgIpc) is 3.58. The van der Waals surface area contributed by atoms with Crippen molar-refractivity contribution in [2.24, 2.45) is 0 Å². The maximum absolute atomic E-state index is 13.0. The van der Waals surface area contributed by atoms with Crippen LogP contribution in [-0.2, 0) is 11.0 Å². The van der Waals surface area contributed by atoms with Gasteiger partial charge in [0.2, 0.25) is 0 Å². The van der Waals surface area contributed by atoms with E-state index in [-0.39, 0.29) is 23.2 Å². The van der Waals surface area contributed by atoms with Crippen molar-refractivity contribution >= 4 is 34.5 Å². The van der Waals surface area contributed by atoms with Crippen LogP contribution in [0.3, 0.4) is 0 Å². The number of hydrogen-bond donors (Lipinski definition) is 3. The predicted molar refractivity (Wildman–Crippen MR) is 137 cm³/mol. The zero-order valence-corrected chi connectivity index (χ0v) is 20.7. The molecule has 1 aromatic carbocycles. The molecule has 11 nitrogen and oxygen atoms in total. The Kier molecular flexibility index (Phi) is 7.05. The SMILES string of the molecule is Nc1ncnc2c1c(-c1ccc(C(=O)Nc3cc(C(F)(F)F)ccn3)cc1)nn2[C@@H]1CCN(C(=O)C#CCO)C1. The molecule has 204 valence electrons. The number of anilines is 2. The maximum atomic E-state index is 13.0. The Morgan fingerprint density at radius 2 is 1.93 bits per heavy atom. The van der Waals surface area contributed by atoms with Crippen molar-refractivity contribution in [1.29, 1.82) is 0 Å². The van der Waals surface area contributed by atoms with Crippen molar-refractivity contribution in [2.45, 2.75) is 18.6 Å². The van der Waals surface area contributed by atoms with E-state index in [2.05, 4.69) is 32.1 Å². The molecule has 0 bridgehead atoms. The number of carbonyl (C=O) groups excluding carboxylic acids is 2. The van der Waals surface area contributed by atoms with E-state index in [0.29, 0.717) is 41.8 Å². The lowest BCUT2D eigenvalue weighted by molar-refractivity contribution is -0.137. The summed E-state index contributed by atoms with van der Waals surface area (Å²) in [5.74, 6) is 3.67. The normalized spacial score (nSPS) is 15.1. The van der Waals surface area contributed by atoms with E-state index in [4.69, 9.17) is 15.9 Å². The van der Waals surface area contributed by atoms with Crippen molar-refractivity contribution < 1.29 is 27.9 Å². The van der Waals surface area contributed by atoms with Gasteiger partial charge >= 0.3 is 6.18 Å². The first-order valence-corrected chi connectivity index (χ1v) is 12.0. The fourth-order valence-electron chi connectivity index (χ4n) is 4.42. The first-order chi connectivity index (χ1) is 19.2. The third-order valence-corrected chi connectivity index (χ3v) is 6.34. The van der Waals surface area contributed by atoms with Crippen LogP contribution in [0.2, 0.25) is 0 Å². The number of pyridine rings is 1. The van der Waals surface area contributed by atoms with E-state index in [9.17, 15) is 22.8 Å². The number of hydrogen-bond acceptors (Lipinski definition) is 8. The van der Waals surface area contributed by atoms with Crippen LogP contribution in [0.4, 0.5) is 24.8 Å². The van der Waals surface area contributed by atoms with Crippen LogP contribution in [0.15, 0.2) is 48.9 Å². The molecule has 1 aliphatic heterocycles. The van der Waals surface area contributed by atoms with Crippen LogP contribution in [0.25, 0.3) is 22.3 Å². The van der Waals surface area contributed by atoms with Crippen molar-refractivity contribution in [3.05, 3.63) is 60.0 Å². The summed E-state index contributed by atoms with van der Waals surface area (Å²) in [6.45, 7) is 0.377. The van der Waals surface area contributed by atoms with Gasteiger partial charge in [-0.15, -0.1) is 0 Å². The van der Waals surface area contributed by atoms with Crippen LogP contribution < -0.4 is 11.1 Å². The summed E-state index contributed by atoms with van der Waals surface area (Å²) < 4.78 is 40.6. The molecule has 5 rings (SSSR count). The fourth-order valence-corrected chi connectivity index (χ4v) is 4.42. The molecule has 1 fully saturated rings. The lowest BCUT2D eigenvalue weighted by Crippen LogP contribution is -2.28. The summed E-state index contributed by atoms with van der Waals surface area (Å²) in [4.78, 5) is 38.7. The smallest absolute Gasteiger partial charge is 0.384 e. The number of aromatic nitrogens is 5. The molecule has 40 heavy (non-hydrogen) atoms. The van der Waals surface area contributed by atoms with Crippen LogP contribution in [0, 0.1) is 11.8 Å². The van der Waals surface area contributed by atoms with Gasteiger partial charge in [-0.2, -0.15) is 18.3 Å². The molecule has 0 saturated carbocycles. The molecular weight excluding hydrogens is 529 g/mol. The molecule has 4 N–H and O–H groups in total. The number of aliphatic hydroxyl groups is 1. The van der Waals surface area contributed by atoms with E-state index in [1.807, 2.05) is 0 Å². The molecule has 1 aliphatic rings. The molecule has 0 spiro atoms. The number of nitrogens with two attached hydrogens (primary N) is 1. The van der Waals surface area contributed by atoms with Gasteiger partial charge in [0.15, 0.2) is 5.65 Å². The summed E-state index contributed by atoms with van der Waals surface area (Å²) >= 11 is 0. The summed E-state index contributed by atoms with van der Waals surface area (Å²) in [5.41, 5.74) is 6.97. The van der Waals surface area contributed by atoms with Crippen molar-refractivity contribution in [3.63, 3.8) is 0 Å². The minimum atomic E-state index is -4.57. The fraction of sp³-hybridized carbons (Fsp3) is 0.231. The first kappa shape index (κ1) is 26.6. The Morgan fingerprint density at radius 1 is 1.15 bits per heavy atom. The third-order valence-electron chi connectivity index (χ3n) is 6.34. The highest BCUT2D eigenvalue weighted by Crippen LogP contribution is 2.34. The van der Waals surface area contributed by atoms with Crippen LogP contribution in [0.5, 0.6) is 0 Å². The number of alkyl halides is 3. The van der Waals surface area contributed by atoms with Gasteiger partial charge in [0.1, 0.15) is 30.3 Å². The van der Waals surface area contributed by atoms with Gasteiger partial charge in [0, 0.05) is 30.4 Å². The Hall–Kier alpha value is -5.03. The minimum absolute atomic E-state index is 0.185. The molecule has 0 radical (unpaired) electrons. The minimum Gasteiger partial charge on any atom is -0.384 e. The highest BCUT2D eigenvalue weighted by molar-refractivity contribution is 6.04. The monoisotopic (exact) mass is 550 g/mol. The van der Waals surface area contributed by atoms with E-state index < -0.39 is 30.2 Å². The number of nitrogens with zero attached hydrogens (tertiary/aromatic N) is 6. The summed E-state index contributed by atoms with van der Waals surface area (Å²) in [7, 11) is 0. The van der Waals surface area contributed by atoms with Gasteiger partial charge in [-0.1, -0.05) is 18.1 Å². The van der Waals surface area contributed by atoms with E-state index in [0.717, 1.165) is 18.3 Å². The predicted octanol–water partition coefficient (Wildman–Crippen LogP) is 2.51. The number of amides is 2. The number of aliphatic hydroxyl groups excluding tert-OH is 1. The van der Waals surface area contributed by atoms with Gasteiger partial charge in [-0.05, 0) is 36.6 Å². The second kappa shape index (κ2) is 10.6. The highest BCUT2D eigenvalue weighted by Gasteiger charge is 2.32. The lowest BCUT2D eigenvalue weighted by Gasteiger charge is -2.14. The number of nitrogens with one attached hydrogen (secondary N) is 1. The quantitative estimate of drug-likeness (QED) is 0.328. The number of benzene rings is 1.